The first-order chi connectivity index (χ1) is 21.8. The summed E-state index contributed by atoms with van der Waals surface area (Å²) in [6.07, 6.45) is -1.18. The maximum atomic E-state index is 14.5. The molecule has 6 rings (SSSR count). The predicted octanol–water partition coefficient (Wildman–Crippen LogP) is 2.53. The molecule has 266 valence electrons. The highest BCUT2D eigenvalue weighted by atomic mass is 16.7. The van der Waals surface area contributed by atoms with Crippen molar-refractivity contribution in [2.75, 3.05) is 6.61 Å². The number of esters is 1. The van der Waals surface area contributed by atoms with E-state index in [1.54, 1.807) is 13.8 Å². The molecule has 0 aromatic heterocycles. The quantitative estimate of drug-likeness (QED) is 0.172. The van der Waals surface area contributed by atoms with Crippen LogP contribution in [0.3, 0.4) is 0 Å². The van der Waals surface area contributed by atoms with E-state index in [0.29, 0.717) is 44.9 Å². The molecule has 0 aromatic carbocycles. The van der Waals surface area contributed by atoms with Crippen LogP contribution in [0, 0.1) is 50.7 Å². The minimum absolute atomic E-state index is 0.126. The Labute approximate surface area is 277 Å². The van der Waals surface area contributed by atoms with Gasteiger partial charge in [-0.2, -0.15) is 0 Å². The lowest BCUT2D eigenvalue weighted by molar-refractivity contribution is -0.299. The van der Waals surface area contributed by atoms with E-state index >= 15 is 0 Å². The van der Waals surface area contributed by atoms with E-state index in [0.717, 1.165) is 18.4 Å². The van der Waals surface area contributed by atoms with Gasteiger partial charge in [0.05, 0.1) is 29.1 Å². The van der Waals surface area contributed by atoms with E-state index in [1.807, 2.05) is 6.92 Å². The summed E-state index contributed by atoms with van der Waals surface area (Å²) >= 11 is 0. The number of aliphatic hydroxyl groups excluding tert-OH is 5. The minimum atomic E-state index is -1.72. The van der Waals surface area contributed by atoms with Crippen molar-refractivity contribution in [1.29, 1.82) is 0 Å². The first-order valence-corrected chi connectivity index (χ1v) is 17.6. The average Bonchev–Trinajstić information content (AvgIpc) is 3.01. The first kappa shape index (κ1) is 35.2. The molecule has 5 aliphatic carbocycles. The number of aliphatic hydroxyl groups is 6. The predicted molar refractivity (Wildman–Crippen MR) is 168 cm³/mol. The van der Waals surface area contributed by atoms with E-state index in [4.69, 9.17) is 9.47 Å². The molecule has 1 saturated heterocycles. The molecule has 7 N–H and O–H groups in total. The zero-order chi connectivity index (χ0) is 34.7. The van der Waals surface area contributed by atoms with Crippen LogP contribution in [0.25, 0.3) is 0 Å². The van der Waals surface area contributed by atoms with Crippen molar-refractivity contribution in [3.8, 4) is 0 Å². The van der Waals surface area contributed by atoms with E-state index in [1.165, 1.54) is 0 Å². The summed E-state index contributed by atoms with van der Waals surface area (Å²) in [5.74, 6) is -2.37. The molecule has 0 amide bonds. The number of carboxylic acid groups (broad SMARTS) is 1. The van der Waals surface area contributed by atoms with Crippen LogP contribution in [0.1, 0.15) is 99.3 Å². The van der Waals surface area contributed by atoms with Crippen molar-refractivity contribution in [1.82, 2.24) is 0 Å². The number of carboxylic acids is 1. The topological polar surface area (TPSA) is 194 Å². The summed E-state index contributed by atoms with van der Waals surface area (Å²) in [5.41, 5.74) is -3.64. The van der Waals surface area contributed by atoms with Crippen LogP contribution in [0.2, 0.25) is 0 Å². The van der Waals surface area contributed by atoms with Gasteiger partial charge in [-0.15, -0.1) is 0 Å². The fourth-order valence-electron chi connectivity index (χ4n) is 12.2. The number of carbonyl (C=O) groups is 2. The Balaban J connectivity index is 1.39. The molecule has 47 heavy (non-hydrogen) atoms. The Morgan fingerprint density at radius 3 is 2.21 bits per heavy atom. The van der Waals surface area contributed by atoms with Crippen molar-refractivity contribution >= 4 is 11.9 Å². The van der Waals surface area contributed by atoms with Gasteiger partial charge in [0.25, 0.3) is 0 Å². The molecule has 0 bridgehead atoms. The van der Waals surface area contributed by atoms with Gasteiger partial charge in [-0.3, -0.25) is 9.59 Å². The summed E-state index contributed by atoms with van der Waals surface area (Å²) < 4.78 is 11.4. The molecule has 6 aliphatic rings. The monoisotopic (exact) mass is 664 g/mol. The third kappa shape index (κ3) is 4.49. The van der Waals surface area contributed by atoms with Crippen molar-refractivity contribution in [3.63, 3.8) is 0 Å². The van der Waals surface area contributed by atoms with Gasteiger partial charge in [-0.1, -0.05) is 39.3 Å². The van der Waals surface area contributed by atoms with E-state index in [-0.39, 0.29) is 28.6 Å². The van der Waals surface area contributed by atoms with Crippen molar-refractivity contribution in [3.05, 3.63) is 11.6 Å². The highest BCUT2D eigenvalue weighted by Gasteiger charge is 2.72. The molecule has 0 spiro atoms. The number of hydrogen-bond acceptors (Lipinski definition) is 10. The highest BCUT2D eigenvalue weighted by molar-refractivity contribution is 5.79. The molecule has 16 atom stereocenters. The zero-order valence-electron chi connectivity index (χ0n) is 28.7. The summed E-state index contributed by atoms with van der Waals surface area (Å²) in [4.78, 5) is 27.2. The minimum Gasteiger partial charge on any atom is -0.481 e. The van der Waals surface area contributed by atoms with Gasteiger partial charge in [-0.25, -0.2) is 0 Å². The van der Waals surface area contributed by atoms with Crippen molar-refractivity contribution in [2.24, 2.45) is 50.7 Å². The standard InChI is InChI=1S/C36H56O11/c1-18-9-14-36(30(44)47-28-26(41)25(40)24(39)20(17-37)46-28)16-15-32(3)19(27(36)35(18,6)45)7-8-21-31(2)12-11-23(38)34(5,29(42)43)22(31)10-13-33(21,32)4/h7,18,20-28,37-41,45H,8-17H2,1-6H3,(H,42,43)/t18-,20-,21-,22?,23+,24-,25+,26-,27-,28+,31-,32-,33-,34-,35-,36+/m0/s1. The Hall–Kier alpha value is -1.60. The first-order valence-electron chi connectivity index (χ1n) is 17.6. The van der Waals surface area contributed by atoms with Crippen LogP contribution in [0.5, 0.6) is 0 Å². The number of carbonyl (C=O) groups excluding carboxylic acids is 1. The summed E-state index contributed by atoms with van der Waals surface area (Å²) in [6.45, 7) is 11.7. The van der Waals surface area contributed by atoms with Gasteiger partial charge in [0.15, 0.2) is 0 Å². The number of rotatable bonds is 4. The van der Waals surface area contributed by atoms with E-state index < -0.39 is 83.1 Å². The van der Waals surface area contributed by atoms with Crippen LogP contribution in [0.4, 0.5) is 0 Å². The third-order valence-electron chi connectivity index (χ3n) is 15.6. The van der Waals surface area contributed by atoms with E-state index in [9.17, 15) is 45.3 Å². The lowest BCUT2D eigenvalue weighted by atomic mass is 9.33. The SMILES string of the molecule is C[C@H]1CC[C@@]2(C(=O)O[C@H]3O[C@@H](CO)[C@H](O)[C@@H](O)[C@@H]3O)CC[C@@]3(C)C(=CC[C@@H]4[C@]3(C)CCC3[C@](C)(C(=O)O)[C@H](O)CC[C@]34C)[C@H]2[C@@]1(C)O. The summed E-state index contributed by atoms with van der Waals surface area (Å²) in [5, 5.41) is 74.8. The number of hydrogen-bond donors (Lipinski definition) is 7. The van der Waals surface area contributed by atoms with Crippen LogP contribution in [-0.4, -0.2) is 96.7 Å². The number of allylic oxidation sites excluding steroid dienone is 1. The Morgan fingerprint density at radius 2 is 1.57 bits per heavy atom. The molecule has 1 aliphatic heterocycles. The second-order valence-corrected chi connectivity index (χ2v) is 17.3. The maximum Gasteiger partial charge on any atom is 0.315 e. The lowest BCUT2D eigenvalue weighted by Gasteiger charge is -2.71. The molecule has 1 unspecified atom stereocenters. The van der Waals surface area contributed by atoms with Crippen molar-refractivity contribution < 1.29 is 54.8 Å². The summed E-state index contributed by atoms with van der Waals surface area (Å²) in [7, 11) is 0. The van der Waals surface area contributed by atoms with Gasteiger partial charge in [0, 0.05) is 5.92 Å². The smallest absolute Gasteiger partial charge is 0.315 e. The Bertz CT molecular complexity index is 1310. The van der Waals surface area contributed by atoms with Gasteiger partial charge < -0.3 is 45.2 Å². The molecule has 5 fully saturated rings. The Kier molecular flexibility index (Phi) is 8.40. The number of ether oxygens (including phenoxy) is 2. The molecular formula is C36H56O11. The molecule has 0 radical (unpaired) electrons. The molecule has 1 heterocycles. The summed E-state index contributed by atoms with van der Waals surface area (Å²) in [6, 6.07) is 0. The molecule has 11 heteroatoms. The second kappa shape index (κ2) is 11.2. The number of fused-ring (bicyclic) bond motifs is 7. The lowest BCUT2D eigenvalue weighted by Crippen LogP contribution is -2.69. The second-order valence-electron chi connectivity index (χ2n) is 17.3. The maximum absolute atomic E-state index is 14.5. The van der Waals surface area contributed by atoms with Crippen molar-refractivity contribution in [2.45, 2.75) is 142 Å². The van der Waals surface area contributed by atoms with Gasteiger partial charge in [-0.05, 0) is 106 Å². The molecule has 4 saturated carbocycles. The largest absolute Gasteiger partial charge is 0.481 e. The Morgan fingerprint density at radius 1 is 0.894 bits per heavy atom. The van der Waals surface area contributed by atoms with Crippen LogP contribution in [-0.2, 0) is 19.1 Å². The molecule has 11 nitrogen and oxygen atoms in total. The fourth-order valence-corrected chi connectivity index (χ4v) is 12.2. The normalized spacial score (nSPS) is 55.8. The van der Waals surface area contributed by atoms with Crippen LogP contribution >= 0.6 is 0 Å². The molecular weight excluding hydrogens is 608 g/mol. The number of aliphatic carboxylic acids is 1. The molecule has 0 aromatic rings. The van der Waals surface area contributed by atoms with Gasteiger partial charge in [0.2, 0.25) is 6.29 Å². The zero-order valence-corrected chi connectivity index (χ0v) is 28.7. The van der Waals surface area contributed by atoms with Crippen LogP contribution < -0.4 is 0 Å². The third-order valence-corrected chi connectivity index (χ3v) is 15.6. The highest BCUT2D eigenvalue weighted by Crippen LogP contribution is 2.76. The van der Waals surface area contributed by atoms with Gasteiger partial charge >= 0.3 is 11.9 Å². The van der Waals surface area contributed by atoms with Gasteiger partial charge in [0.1, 0.15) is 24.4 Å². The average molecular weight is 665 g/mol. The fraction of sp³-hybridized carbons (Fsp3) is 0.889. The van der Waals surface area contributed by atoms with E-state index in [2.05, 4.69) is 26.8 Å². The van der Waals surface area contributed by atoms with Crippen LogP contribution in [0.15, 0.2) is 11.6 Å².